The maximum Gasteiger partial charge on any atom is 0.184 e. The molecule has 0 aromatic carbocycles. The lowest BCUT2D eigenvalue weighted by Crippen LogP contribution is -2.27. The molecule has 1 heterocycles. The lowest BCUT2D eigenvalue weighted by Gasteiger charge is -2.10. The zero-order chi connectivity index (χ0) is 8.97. The van der Waals surface area contributed by atoms with Crippen molar-refractivity contribution in [2.75, 3.05) is 18.5 Å². The number of anilines is 1. The van der Waals surface area contributed by atoms with E-state index in [9.17, 15) is 0 Å². The van der Waals surface area contributed by atoms with Crippen LogP contribution < -0.4 is 5.32 Å². The molecule has 1 aromatic heterocycles. The van der Waals surface area contributed by atoms with Gasteiger partial charge in [-0.2, -0.15) is 0 Å². The first-order chi connectivity index (χ1) is 5.76. The average Bonchev–Trinajstić information content (AvgIpc) is 2.47. The fraction of sp³-hybridized carbons (Fsp3) is 0.500. The van der Waals surface area contributed by atoms with Crippen LogP contribution >= 0.6 is 22.9 Å². The van der Waals surface area contributed by atoms with Crippen molar-refractivity contribution < 1.29 is 10.2 Å². The molecule has 1 aromatic rings. The first-order valence-electron chi connectivity index (χ1n) is 3.35. The summed E-state index contributed by atoms with van der Waals surface area (Å²) in [5.41, 5.74) is 0. The van der Waals surface area contributed by atoms with E-state index in [1.54, 1.807) is 5.38 Å². The van der Waals surface area contributed by atoms with Crippen LogP contribution in [0.2, 0.25) is 5.15 Å². The number of nitrogens with zero attached hydrogens (tertiary/aromatic N) is 1. The minimum Gasteiger partial charge on any atom is -0.394 e. The predicted molar refractivity (Wildman–Crippen MR) is 48.7 cm³/mol. The van der Waals surface area contributed by atoms with Crippen molar-refractivity contribution in [3.8, 4) is 0 Å². The van der Waals surface area contributed by atoms with Gasteiger partial charge in [-0.05, 0) is 0 Å². The smallest absolute Gasteiger partial charge is 0.184 e. The Morgan fingerprint density at radius 1 is 1.58 bits per heavy atom. The van der Waals surface area contributed by atoms with Crippen LogP contribution in [-0.4, -0.2) is 34.5 Å². The van der Waals surface area contributed by atoms with Gasteiger partial charge in [-0.3, -0.25) is 0 Å². The number of aliphatic hydroxyl groups is 2. The lowest BCUT2D eigenvalue weighted by molar-refractivity contribution is 0.204. The highest BCUT2D eigenvalue weighted by molar-refractivity contribution is 7.14. The van der Waals surface area contributed by atoms with Gasteiger partial charge in [-0.15, -0.1) is 11.3 Å². The molecule has 4 nitrogen and oxygen atoms in total. The van der Waals surface area contributed by atoms with E-state index in [4.69, 9.17) is 21.8 Å². The Morgan fingerprint density at radius 2 is 2.25 bits per heavy atom. The molecule has 0 aliphatic carbocycles. The monoisotopic (exact) mass is 208 g/mol. The number of aliphatic hydroxyl groups excluding tert-OH is 2. The summed E-state index contributed by atoms with van der Waals surface area (Å²) >= 11 is 6.90. The van der Waals surface area contributed by atoms with Gasteiger partial charge in [-0.1, -0.05) is 11.6 Å². The van der Waals surface area contributed by atoms with Gasteiger partial charge in [0, 0.05) is 5.38 Å². The zero-order valence-corrected chi connectivity index (χ0v) is 7.77. The average molecular weight is 209 g/mol. The van der Waals surface area contributed by atoms with Gasteiger partial charge in [0.25, 0.3) is 0 Å². The van der Waals surface area contributed by atoms with Crippen molar-refractivity contribution in [1.82, 2.24) is 4.98 Å². The highest BCUT2D eigenvalue weighted by atomic mass is 35.5. The van der Waals surface area contributed by atoms with Crippen molar-refractivity contribution in [3.63, 3.8) is 0 Å². The van der Waals surface area contributed by atoms with E-state index < -0.39 is 0 Å². The molecule has 0 aliphatic heterocycles. The van der Waals surface area contributed by atoms with Gasteiger partial charge in [0.05, 0.1) is 19.3 Å². The zero-order valence-electron chi connectivity index (χ0n) is 6.20. The Balaban J connectivity index is 2.50. The summed E-state index contributed by atoms with van der Waals surface area (Å²) in [5.74, 6) is 0. The molecule has 0 radical (unpaired) electrons. The van der Waals surface area contributed by atoms with Gasteiger partial charge < -0.3 is 15.5 Å². The predicted octanol–water partition coefficient (Wildman–Crippen LogP) is 0.562. The summed E-state index contributed by atoms with van der Waals surface area (Å²) < 4.78 is 0. The van der Waals surface area contributed by atoms with Gasteiger partial charge in [0.15, 0.2) is 5.13 Å². The van der Waals surface area contributed by atoms with Crippen LogP contribution in [0.25, 0.3) is 0 Å². The molecular formula is C6H9ClN2O2S. The van der Waals surface area contributed by atoms with Crippen molar-refractivity contribution in [2.45, 2.75) is 6.04 Å². The summed E-state index contributed by atoms with van der Waals surface area (Å²) in [4.78, 5) is 3.90. The first kappa shape index (κ1) is 9.73. The van der Waals surface area contributed by atoms with E-state index in [0.29, 0.717) is 10.3 Å². The highest BCUT2D eigenvalue weighted by Crippen LogP contribution is 2.19. The number of aromatic nitrogens is 1. The summed E-state index contributed by atoms with van der Waals surface area (Å²) in [6.45, 7) is -0.263. The maximum absolute atomic E-state index is 8.72. The minimum atomic E-state index is -0.368. The van der Waals surface area contributed by atoms with Crippen molar-refractivity contribution in [1.29, 1.82) is 0 Å². The van der Waals surface area contributed by atoms with Crippen molar-refractivity contribution in [3.05, 3.63) is 10.5 Å². The van der Waals surface area contributed by atoms with Gasteiger partial charge in [0.1, 0.15) is 5.15 Å². The van der Waals surface area contributed by atoms with Crippen LogP contribution in [0, 0.1) is 0 Å². The quantitative estimate of drug-likeness (QED) is 0.677. The fourth-order valence-electron chi connectivity index (χ4n) is 0.644. The SMILES string of the molecule is OCC(CO)Nc1nc(Cl)cs1. The molecule has 0 saturated carbocycles. The molecule has 0 fully saturated rings. The Kier molecular flexibility index (Phi) is 3.74. The lowest BCUT2D eigenvalue weighted by atomic mass is 10.3. The van der Waals surface area contributed by atoms with Crippen LogP contribution in [0.5, 0.6) is 0 Å². The van der Waals surface area contributed by atoms with E-state index in [0.717, 1.165) is 0 Å². The number of halogens is 1. The molecule has 12 heavy (non-hydrogen) atoms. The Labute approximate surface area is 78.8 Å². The largest absolute Gasteiger partial charge is 0.394 e. The van der Waals surface area contributed by atoms with Crippen LogP contribution in [0.3, 0.4) is 0 Å². The topological polar surface area (TPSA) is 65.4 Å². The third-order valence-electron chi connectivity index (χ3n) is 1.24. The van der Waals surface area contributed by atoms with Gasteiger partial charge in [-0.25, -0.2) is 4.98 Å². The molecule has 0 unspecified atom stereocenters. The standard InChI is InChI=1S/C6H9ClN2O2S/c7-5-3-12-6(9-5)8-4(1-10)2-11/h3-4,10-11H,1-2H2,(H,8,9). The summed E-state index contributed by atoms with van der Waals surface area (Å²) in [5, 5.41) is 22.9. The van der Waals surface area contributed by atoms with Gasteiger partial charge in [0.2, 0.25) is 0 Å². The molecular weight excluding hydrogens is 200 g/mol. The maximum atomic E-state index is 8.72. The number of hydrogen-bond acceptors (Lipinski definition) is 5. The minimum absolute atomic E-state index is 0.131. The molecule has 0 bridgehead atoms. The molecule has 0 spiro atoms. The summed E-state index contributed by atoms with van der Waals surface area (Å²) in [7, 11) is 0. The van der Waals surface area contributed by atoms with E-state index in [2.05, 4.69) is 10.3 Å². The second kappa shape index (κ2) is 4.61. The Bertz CT molecular complexity index is 239. The molecule has 3 N–H and O–H groups in total. The molecule has 0 aliphatic rings. The van der Waals surface area contributed by atoms with Crippen molar-refractivity contribution in [2.24, 2.45) is 0 Å². The van der Waals surface area contributed by atoms with Crippen LogP contribution in [0.1, 0.15) is 0 Å². The second-order valence-corrected chi connectivity index (χ2v) is 3.43. The molecule has 0 amide bonds. The van der Waals surface area contributed by atoms with E-state index >= 15 is 0 Å². The number of thiazole rings is 1. The molecule has 0 saturated heterocycles. The second-order valence-electron chi connectivity index (χ2n) is 2.18. The van der Waals surface area contributed by atoms with Crippen molar-refractivity contribution >= 4 is 28.1 Å². The third kappa shape index (κ3) is 2.60. The van der Waals surface area contributed by atoms with E-state index in [-0.39, 0.29) is 19.3 Å². The van der Waals surface area contributed by atoms with Gasteiger partial charge >= 0.3 is 0 Å². The summed E-state index contributed by atoms with van der Waals surface area (Å²) in [6, 6.07) is -0.368. The van der Waals surface area contributed by atoms with Crippen LogP contribution in [-0.2, 0) is 0 Å². The van der Waals surface area contributed by atoms with Crippen LogP contribution in [0.15, 0.2) is 5.38 Å². The third-order valence-corrected chi connectivity index (χ3v) is 2.34. The molecule has 0 atom stereocenters. The Hall–Kier alpha value is -0.360. The molecule has 68 valence electrons. The normalized spacial score (nSPS) is 10.7. The summed E-state index contributed by atoms with van der Waals surface area (Å²) in [6.07, 6.45) is 0. The fourth-order valence-corrected chi connectivity index (χ4v) is 1.56. The van der Waals surface area contributed by atoms with Crippen LogP contribution in [0.4, 0.5) is 5.13 Å². The number of nitrogens with one attached hydrogen (secondary N) is 1. The number of rotatable bonds is 4. The van der Waals surface area contributed by atoms with E-state index in [1.807, 2.05) is 0 Å². The number of hydrogen-bond donors (Lipinski definition) is 3. The highest BCUT2D eigenvalue weighted by Gasteiger charge is 2.07. The Morgan fingerprint density at radius 3 is 2.67 bits per heavy atom. The first-order valence-corrected chi connectivity index (χ1v) is 4.61. The van der Waals surface area contributed by atoms with E-state index in [1.165, 1.54) is 11.3 Å². The molecule has 6 heteroatoms. The molecule has 1 rings (SSSR count).